The van der Waals surface area contributed by atoms with Gasteiger partial charge in [0.05, 0.1) is 19.8 Å². The number of halogens is 1. The Balaban J connectivity index is 1.49. The molecule has 28 heavy (non-hydrogen) atoms. The number of ether oxygens (including phenoxy) is 1. The van der Waals surface area contributed by atoms with Crippen LogP contribution in [0.3, 0.4) is 0 Å². The molecule has 1 aliphatic rings. The molecule has 2 aromatic carbocycles. The lowest BCUT2D eigenvalue weighted by molar-refractivity contribution is -0.122. The van der Waals surface area contributed by atoms with Crippen molar-refractivity contribution in [3.05, 3.63) is 71.0 Å². The van der Waals surface area contributed by atoms with Crippen LogP contribution in [0.5, 0.6) is 0 Å². The van der Waals surface area contributed by atoms with E-state index < -0.39 is 0 Å². The Hall–Kier alpha value is -2.28. The Labute approximate surface area is 166 Å². The number of hydrogen-bond acceptors (Lipinski definition) is 4. The monoisotopic (exact) mass is 385 g/mol. The number of nitrogens with one attached hydrogen (secondary N) is 1. The lowest BCUT2D eigenvalue weighted by Gasteiger charge is -2.27. The van der Waals surface area contributed by atoms with Crippen LogP contribution >= 0.6 is 0 Å². The number of hydrogen-bond donors (Lipinski definition) is 1. The number of carbonyl (C=O) groups excluding carboxylic acids is 1. The Kier molecular flexibility index (Phi) is 7.54. The molecule has 1 amide bonds. The van der Waals surface area contributed by atoms with E-state index in [1.54, 1.807) is 18.2 Å². The average molecular weight is 385 g/mol. The first-order chi connectivity index (χ1) is 13.6. The highest BCUT2D eigenvalue weighted by atomic mass is 19.1. The zero-order chi connectivity index (χ0) is 19.8. The number of nitrogens with zero attached hydrogens (tertiary/aromatic N) is 2. The van der Waals surface area contributed by atoms with Crippen molar-refractivity contribution in [2.45, 2.75) is 19.6 Å². The second kappa shape index (κ2) is 10.3. The Morgan fingerprint density at radius 1 is 1.07 bits per heavy atom. The molecule has 1 aliphatic heterocycles. The van der Waals surface area contributed by atoms with Gasteiger partial charge < -0.3 is 10.1 Å². The molecule has 6 heteroatoms. The molecule has 0 saturated carbocycles. The summed E-state index contributed by atoms with van der Waals surface area (Å²) in [5.41, 5.74) is 2.94. The van der Waals surface area contributed by atoms with Gasteiger partial charge in [0.25, 0.3) is 0 Å². The molecule has 0 atom stereocenters. The number of carbonyl (C=O) groups is 1. The largest absolute Gasteiger partial charge is 0.379 e. The van der Waals surface area contributed by atoms with Gasteiger partial charge in [-0.15, -0.1) is 0 Å². The molecule has 0 bridgehead atoms. The summed E-state index contributed by atoms with van der Waals surface area (Å²) in [6, 6.07) is 14.8. The van der Waals surface area contributed by atoms with Gasteiger partial charge in [0.2, 0.25) is 5.91 Å². The topological polar surface area (TPSA) is 44.8 Å². The molecule has 0 spiro atoms. The highest BCUT2D eigenvalue weighted by molar-refractivity contribution is 5.78. The van der Waals surface area contributed by atoms with E-state index in [2.05, 4.69) is 22.3 Å². The van der Waals surface area contributed by atoms with Crippen molar-refractivity contribution in [2.75, 3.05) is 39.9 Å². The fourth-order valence-electron chi connectivity index (χ4n) is 3.35. The molecular formula is C22H28FN3O2. The molecule has 0 radical (unpaired) electrons. The molecule has 1 N–H and O–H groups in total. The lowest BCUT2D eigenvalue weighted by Crippen LogP contribution is -2.36. The van der Waals surface area contributed by atoms with Gasteiger partial charge in [-0.3, -0.25) is 14.6 Å². The first-order valence-electron chi connectivity index (χ1n) is 9.67. The quantitative estimate of drug-likeness (QED) is 0.758. The highest BCUT2D eigenvalue weighted by Gasteiger charge is 2.14. The fraction of sp³-hybridized carbons (Fsp3) is 0.409. The van der Waals surface area contributed by atoms with Crippen molar-refractivity contribution < 1.29 is 13.9 Å². The summed E-state index contributed by atoms with van der Waals surface area (Å²) in [5.74, 6) is -0.313. The maximum Gasteiger partial charge on any atom is 0.234 e. The van der Waals surface area contributed by atoms with Gasteiger partial charge in [-0.05, 0) is 24.2 Å². The van der Waals surface area contributed by atoms with Crippen LogP contribution in [-0.4, -0.2) is 55.6 Å². The SMILES string of the molecule is CN(CC(=O)NCc1ccccc1CN1CCOCC1)Cc1ccccc1F. The van der Waals surface area contributed by atoms with Gasteiger partial charge in [0.1, 0.15) is 5.82 Å². The molecule has 0 aromatic heterocycles. The lowest BCUT2D eigenvalue weighted by atomic mass is 10.1. The van der Waals surface area contributed by atoms with E-state index in [1.807, 2.05) is 24.1 Å². The van der Waals surface area contributed by atoms with E-state index in [-0.39, 0.29) is 18.3 Å². The van der Waals surface area contributed by atoms with Crippen LogP contribution in [0.25, 0.3) is 0 Å². The number of benzene rings is 2. The Bertz CT molecular complexity index is 778. The van der Waals surface area contributed by atoms with Gasteiger partial charge in [-0.1, -0.05) is 42.5 Å². The summed E-state index contributed by atoms with van der Waals surface area (Å²) < 4.78 is 19.2. The summed E-state index contributed by atoms with van der Waals surface area (Å²) in [7, 11) is 1.82. The first-order valence-corrected chi connectivity index (χ1v) is 9.67. The standard InChI is InChI=1S/C22H28FN3O2/c1-25(15-20-8-4-5-9-21(20)23)17-22(27)24-14-18-6-2-3-7-19(18)16-26-10-12-28-13-11-26/h2-9H,10-17H2,1H3,(H,24,27). The third-order valence-corrected chi connectivity index (χ3v) is 4.90. The maximum absolute atomic E-state index is 13.8. The summed E-state index contributed by atoms with van der Waals surface area (Å²) >= 11 is 0. The van der Waals surface area contributed by atoms with E-state index in [1.165, 1.54) is 11.6 Å². The predicted octanol–water partition coefficient (Wildman–Crippen LogP) is 2.41. The molecule has 3 rings (SSSR count). The summed E-state index contributed by atoms with van der Waals surface area (Å²) in [5, 5.41) is 2.99. The smallest absolute Gasteiger partial charge is 0.234 e. The number of morpholine rings is 1. The highest BCUT2D eigenvalue weighted by Crippen LogP contribution is 2.13. The van der Waals surface area contributed by atoms with Crippen LogP contribution in [0.15, 0.2) is 48.5 Å². The first kappa shape index (κ1) is 20.5. The Morgan fingerprint density at radius 3 is 2.43 bits per heavy atom. The zero-order valence-electron chi connectivity index (χ0n) is 16.4. The number of rotatable bonds is 8. The third-order valence-electron chi connectivity index (χ3n) is 4.90. The zero-order valence-corrected chi connectivity index (χ0v) is 16.4. The van der Waals surface area contributed by atoms with E-state index in [0.29, 0.717) is 18.7 Å². The van der Waals surface area contributed by atoms with Gasteiger partial charge in [-0.2, -0.15) is 0 Å². The van der Waals surface area contributed by atoms with Crippen LogP contribution in [0, 0.1) is 5.82 Å². The van der Waals surface area contributed by atoms with E-state index in [4.69, 9.17) is 4.74 Å². The molecule has 1 saturated heterocycles. The van der Waals surface area contributed by atoms with Crippen LogP contribution in [0.2, 0.25) is 0 Å². The van der Waals surface area contributed by atoms with Gasteiger partial charge in [-0.25, -0.2) is 4.39 Å². The molecule has 1 heterocycles. The maximum atomic E-state index is 13.8. The normalized spacial score (nSPS) is 15.0. The average Bonchev–Trinajstić information content (AvgIpc) is 2.70. The van der Waals surface area contributed by atoms with Crippen LogP contribution in [0.1, 0.15) is 16.7 Å². The minimum Gasteiger partial charge on any atom is -0.379 e. The van der Waals surface area contributed by atoms with Crippen LogP contribution < -0.4 is 5.32 Å². The Morgan fingerprint density at radius 2 is 1.71 bits per heavy atom. The van der Waals surface area contributed by atoms with Crippen molar-refractivity contribution in [1.29, 1.82) is 0 Å². The van der Waals surface area contributed by atoms with Gasteiger partial charge in [0.15, 0.2) is 0 Å². The molecule has 1 fully saturated rings. The van der Waals surface area contributed by atoms with E-state index in [9.17, 15) is 9.18 Å². The second-order valence-electron chi connectivity index (χ2n) is 7.20. The van der Waals surface area contributed by atoms with E-state index >= 15 is 0 Å². The number of likely N-dealkylation sites (N-methyl/N-ethyl adjacent to an activating group) is 1. The molecule has 0 unspecified atom stereocenters. The molecular weight excluding hydrogens is 357 g/mol. The fourth-order valence-corrected chi connectivity index (χ4v) is 3.35. The molecule has 0 aliphatic carbocycles. The minimum absolute atomic E-state index is 0.0694. The molecule has 150 valence electrons. The van der Waals surface area contributed by atoms with Crippen molar-refractivity contribution in [2.24, 2.45) is 0 Å². The summed E-state index contributed by atoms with van der Waals surface area (Å²) in [6.45, 7) is 5.38. The van der Waals surface area contributed by atoms with Crippen molar-refractivity contribution in [3.8, 4) is 0 Å². The van der Waals surface area contributed by atoms with Gasteiger partial charge >= 0.3 is 0 Å². The van der Waals surface area contributed by atoms with Crippen LogP contribution in [-0.2, 0) is 29.2 Å². The van der Waals surface area contributed by atoms with Gasteiger partial charge in [0, 0.05) is 38.3 Å². The molecule has 5 nitrogen and oxygen atoms in total. The van der Waals surface area contributed by atoms with E-state index in [0.717, 1.165) is 38.4 Å². The second-order valence-corrected chi connectivity index (χ2v) is 7.20. The third kappa shape index (κ3) is 6.12. The molecule has 2 aromatic rings. The predicted molar refractivity (Wildman–Crippen MR) is 107 cm³/mol. The summed E-state index contributed by atoms with van der Waals surface area (Å²) in [6.07, 6.45) is 0. The van der Waals surface area contributed by atoms with Crippen LogP contribution in [0.4, 0.5) is 4.39 Å². The summed E-state index contributed by atoms with van der Waals surface area (Å²) in [4.78, 5) is 16.5. The van der Waals surface area contributed by atoms with Crippen molar-refractivity contribution in [3.63, 3.8) is 0 Å². The minimum atomic E-state index is -0.244. The number of amides is 1. The van der Waals surface area contributed by atoms with Crippen molar-refractivity contribution >= 4 is 5.91 Å². The van der Waals surface area contributed by atoms with Crippen molar-refractivity contribution in [1.82, 2.24) is 15.1 Å².